The van der Waals surface area contributed by atoms with Gasteiger partial charge in [-0.05, 0) is 19.3 Å². The van der Waals surface area contributed by atoms with Gasteiger partial charge in [0.2, 0.25) is 45.7 Å². The number of carbonyl (C=O) groups is 17. The predicted octanol–water partition coefficient (Wildman–Crippen LogP) is 10.1. The first-order valence-electron chi connectivity index (χ1n) is 33.6. The molecular formula is C70H121N7O17S9. The lowest BCUT2D eigenvalue weighted by Crippen LogP contribution is -2.47. The first-order chi connectivity index (χ1) is 46.7. The van der Waals surface area contributed by atoms with Gasteiger partial charge in [0.1, 0.15) is 17.9 Å². The molecule has 2 fully saturated rings. The highest BCUT2D eigenvalue weighted by Crippen LogP contribution is 2.40. The number of ketones is 6. The minimum Gasteiger partial charge on any atom is -0.346 e. The Kier molecular flexibility index (Phi) is 52.7. The van der Waals surface area contributed by atoms with E-state index in [2.05, 4.69) is 62.5 Å². The SMILES string of the molecule is CC(=O)NC(CS)C(=O)C(C)(C)C.CC(=O)NC(CS)C(=O)SCC(NC(C)=O)C(=O)C(C)(C)C.CC(=O)NC(CSC(C)=O)C(=O)C(C)(C)C.CC(=O)NC(CSC(C)=O)C(=O)SCC(NC(C)=O)C(=O)C(C)(C)C.CC(C)(C)C(=O)C1CSC(=O)N1.CC(C)(C)C(=O)CCCC[C@@H]1CCSS1. The van der Waals surface area contributed by atoms with E-state index in [1.54, 1.807) is 62.3 Å². The zero-order valence-corrected chi connectivity index (χ0v) is 73.0. The number of amides is 7. The van der Waals surface area contributed by atoms with Crippen LogP contribution in [0.15, 0.2) is 0 Å². The average molecular weight is 1620 g/mol. The molecule has 33 heteroatoms. The van der Waals surface area contributed by atoms with Crippen molar-refractivity contribution in [2.75, 3.05) is 46.0 Å². The summed E-state index contributed by atoms with van der Waals surface area (Å²) in [6.07, 6.45) is 5.74. The Morgan fingerprint density at radius 1 is 0.427 bits per heavy atom. The standard InChI is InChI=1S/C16H26N2O5S2.C14H24N2O4S2.C12H22OS2.C11H19NO3S.C9H17NO2S.C8H13NO2S/c1-9(19)17-12(14(22)16(4,5)6)7-25-15(23)13(18-10(2)20)8-24-11(3)21;1-8(17)15-10(6-21)13(20)22-7-11(16-9(2)18)12(19)14(3,4)5;1-12(2,3)11(13)7-5-4-6-10-8-9-14-15-10;1-7(13)12-9(6-16-8(2)14)10(15)11(3,4)5;1-6(11)10-7(5-13)8(12)9(2,3)4;1-8(2,3)6(10)5-4-12-7(11)9-5/h12-13H,7-8H2,1-6H3,(H,17,19)(H,18,20);10-11,21H,6-7H2,1-5H3,(H,15,17)(H,16,18);10H,4-9H2,1-3H3;9H,6H2,1-5H3,(H,12,13);7,13H,5H2,1-4H3,(H,10,11);5H,4H2,1-3H3,(H,9,11)/t;;10-;;;/m..1.../s1. The maximum atomic E-state index is 12.4. The molecule has 2 rings (SSSR count). The van der Waals surface area contributed by atoms with E-state index in [0.717, 1.165) is 65.1 Å². The zero-order valence-electron chi connectivity index (χ0n) is 65.5. The summed E-state index contributed by atoms with van der Waals surface area (Å²) >= 11 is 13.0. The van der Waals surface area contributed by atoms with Crippen LogP contribution in [-0.2, 0) is 76.7 Å². The molecule has 0 bridgehead atoms. The highest BCUT2D eigenvalue weighted by Gasteiger charge is 2.37. The second-order valence-electron chi connectivity index (χ2n) is 30.4. The van der Waals surface area contributed by atoms with Crippen LogP contribution < -0.4 is 37.2 Å². The molecule has 7 amide bonds. The van der Waals surface area contributed by atoms with Crippen LogP contribution in [0.1, 0.15) is 212 Å². The van der Waals surface area contributed by atoms with E-state index in [1.165, 1.54) is 92.2 Å². The Labute approximate surface area is 653 Å². The molecule has 8 atom stereocenters. The van der Waals surface area contributed by atoms with E-state index in [9.17, 15) is 81.5 Å². The molecule has 2 aliphatic rings. The number of rotatable bonds is 28. The van der Waals surface area contributed by atoms with Gasteiger partial charge >= 0.3 is 0 Å². The second-order valence-corrected chi connectivity index (χ2v) is 39.3. The monoisotopic (exact) mass is 1620 g/mol. The van der Waals surface area contributed by atoms with E-state index in [4.69, 9.17) is 0 Å². The van der Waals surface area contributed by atoms with Gasteiger partial charge in [0.15, 0.2) is 39.1 Å². The number of hydrogen-bond donors (Lipinski definition) is 9. The molecule has 0 saturated carbocycles. The van der Waals surface area contributed by atoms with Crippen LogP contribution in [-0.4, -0.2) is 189 Å². The smallest absolute Gasteiger partial charge is 0.279 e. The lowest BCUT2D eigenvalue weighted by molar-refractivity contribution is -0.131. The largest absolute Gasteiger partial charge is 0.346 e. The van der Waals surface area contributed by atoms with Crippen LogP contribution in [0.5, 0.6) is 0 Å². The molecule has 7 unspecified atom stereocenters. The average Bonchev–Trinajstić information content (AvgIpc) is 1.84. The zero-order chi connectivity index (χ0) is 81.5. The number of nitrogens with one attached hydrogen (secondary N) is 7. The third-order valence-corrected chi connectivity index (χ3v) is 22.2. The Bertz CT molecular complexity index is 2870. The van der Waals surface area contributed by atoms with E-state index in [1.807, 2.05) is 83.9 Å². The fourth-order valence-corrected chi connectivity index (χ4v) is 15.9. The topological polar surface area (TPSA) is 374 Å². The van der Waals surface area contributed by atoms with Crippen LogP contribution in [0.25, 0.3) is 0 Å². The fraction of sp³-hybridized carbons (Fsp3) is 0.757. The highest BCUT2D eigenvalue weighted by atomic mass is 33.1. The first-order valence-corrected chi connectivity index (χ1v) is 42.2. The van der Waals surface area contributed by atoms with Gasteiger partial charge in [0.05, 0.1) is 30.2 Å². The number of thioether (sulfide) groups is 5. The highest BCUT2D eigenvalue weighted by molar-refractivity contribution is 8.77. The quantitative estimate of drug-likeness (QED) is 0.0200. The molecule has 0 aromatic heterocycles. The second kappa shape index (κ2) is 51.5. The minimum absolute atomic E-state index is 0.0118. The summed E-state index contributed by atoms with van der Waals surface area (Å²) in [5.41, 5.74) is -2.75. The maximum Gasteiger partial charge on any atom is 0.279 e. The van der Waals surface area contributed by atoms with Crippen molar-refractivity contribution in [3.05, 3.63) is 0 Å². The molecule has 0 spiro atoms. The summed E-state index contributed by atoms with van der Waals surface area (Å²) in [6.45, 7) is 43.8. The van der Waals surface area contributed by atoms with Crippen molar-refractivity contribution < 1.29 is 81.5 Å². The number of thiol groups is 2. The number of unbranched alkanes of at least 4 members (excludes halogenated alkanes) is 1. The molecule has 2 saturated heterocycles. The lowest BCUT2D eigenvalue weighted by Gasteiger charge is -2.25. The normalized spacial score (nSPS) is 16.0. The van der Waals surface area contributed by atoms with Gasteiger partial charge in [-0.3, -0.25) is 81.5 Å². The Morgan fingerprint density at radius 2 is 0.738 bits per heavy atom. The molecule has 2 aliphatic heterocycles. The van der Waals surface area contributed by atoms with E-state index in [0.29, 0.717) is 23.0 Å². The molecule has 0 aliphatic carbocycles. The summed E-state index contributed by atoms with van der Waals surface area (Å²) in [7, 11) is 4.04. The van der Waals surface area contributed by atoms with Crippen molar-refractivity contribution in [1.82, 2.24) is 37.2 Å². The molecule has 2 heterocycles. The summed E-state index contributed by atoms with van der Waals surface area (Å²) in [4.78, 5) is 195. The van der Waals surface area contributed by atoms with E-state index in [-0.39, 0.29) is 130 Å². The molecule has 0 radical (unpaired) electrons. The number of carbonyl (C=O) groups excluding carboxylic acids is 17. The Balaban J connectivity index is -0.000000582. The van der Waals surface area contributed by atoms with Gasteiger partial charge in [0, 0.05) is 146 Å². The molecule has 0 aromatic rings. The van der Waals surface area contributed by atoms with Gasteiger partial charge in [-0.15, -0.1) is 0 Å². The van der Waals surface area contributed by atoms with Crippen molar-refractivity contribution in [3.63, 3.8) is 0 Å². The summed E-state index contributed by atoms with van der Waals surface area (Å²) in [6, 6.07) is -4.43. The summed E-state index contributed by atoms with van der Waals surface area (Å²) in [5, 5.41) is 17.8. The minimum atomic E-state index is -0.834. The van der Waals surface area contributed by atoms with Crippen LogP contribution >= 0.6 is 106 Å². The van der Waals surface area contributed by atoms with Crippen LogP contribution in [0, 0.1) is 32.5 Å². The Hall–Kier alpha value is -3.86. The predicted molar refractivity (Wildman–Crippen MR) is 433 cm³/mol. The summed E-state index contributed by atoms with van der Waals surface area (Å²) < 4.78 is 0. The molecular weight excluding hydrogens is 1500 g/mol. The molecule has 592 valence electrons. The van der Waals surface area contributed by atoms with Crippen molar-refractivity contribution in [3.8, 4) is 0 Å². The molecule has 0 aromatic carbocycles. The Morgan fingerprint density at radius 3 is 1.02 bits per heavy atom. The van der Waals surface area contributed by atoms with Gasteiger partial charge in [-0.25, -0.2) is 0 Å². The van der Waals surface area contributed by atoms with Crippen molar-refractivity contribution >= 4 is 201 Å². The summed E-state index contributed by atoms with van der Waals surface area (Å²) in [5.74, 6) is 1.31. The number of Topliss-reactive ketones (excluding diaryl/α,β-unsaturated/α-hetero) is 6. The van der Waals surface area contributed by atoms with E-state index < -0.39 is 57.9 Å². The van der Waals surface area contributed by atoms with Crippen LogP contribution in [0.2, 0.25) is 0 Å². The van der Waals surface area contributed by atoms with E-state index >= 15 is 0 Å². The molecule has 103 heavy (non-hydrogen) atoms. The molecule has 7 N–H and O–H groups in total. The van der Waals surface area contributed by atoms with Crippen molar-refractivity contribution in [1.29, 1.82) is 0 Å². The first kappa shape index (κ1) is 105. The fourth-order valence-electron chi connectivity index (χ4n) is 8.23. The maximum absolute atomic E-state index is 12.4. The third-order valence-electron chi connectivity index (χ3n) is 13.6. The van der Waals surface area contributed by atoms with Gasteiger partial charge < -0.3 is 37.2 Å². The van der Waals surface area contributed by atoms with Crippen LogP contribution in [0.3, 0.4) is 0 Å². The lowest BCUT2D eigenvalue weighted by atomic mass is 9.87. The molecule has 24 nitrogen and oxygen atoms in total. The third kappa shape index (κ3) is 52.7. The van der Waals surface area contributed by atoms with Crippen molar-refractivity contribution in [2.45, 2.75) is 260 Å². The van der Waals surface area contributed by atoms with Crippen molar-refractivity contribution in [2.24, 2.45) is 32.5 Å². The van der Waals surface area contributed by atoms with Gasteiger partial charge in [-0.1, -0.05) is 211 Å². The number of hydrogen-bond acceptors (Lipinski definition) is 26. The van der Waals surface area contributed by atoms with Crippen LogP contribution in [0.4, 0.5) is 4.79 Å². The van der Waals surface area contributed by atoms with Gasteiger partial charge in [0.25, 0.3) is 5.24 Å². The van der Waals surface area contributed by atoms with Gasteiger partial charge in [-0.2, -0.15) is 25.3 Å².